The topological polar surface area (TPSA) is 71.5 Å². The number of aryl methyl sites for hydroxylation is 1. The molecule has 1 N–H and O–H groups in total. The minimum absolute atomic E-state index is 0.0654. The van der Waals surface area contributed by atoms with Gasteiger partial charge in [0.25, 0.3) is 0 Å². The smallest absolute Gasteiger partial charge is 0.410 e. The molecule has 0 atom stereocenters. The Kier molecular flexibility index (Phi) is 6.50. The van der Waals surface area contributed by atoms with E-state index in [9.17, 15) is 9.59 Å². The van der Waals surface area contributed by atoms with Crippen LogP contribution in [0.2, 0.25) is 0 Å². The van der Waals surface area contributed by atoms with Gasteiger partial charge in [0.1, 0.15) is 5.60 Å². The molecular formula is C21H33N3O3. The van der Waals surface area contributed by atoms with E-state index in [4.69, 9.17) is 4.74 Å². The Labute approximate surface area is 162 Å². The molecule has 1 heterocycles. The third-order valence-electron chi connectivity index (χ3n) is 4.53. The van der Waals surface area contributed by atoms with Crippen molar-refractivity contribution in [2.24, 2.45) is 0 Å². The van der Waals surface area contributed by atoms with Gasteiger partial charge in [-0.25, -0.2) is 4.79 Å². The first-order valence-corrected chi connectivity index (χ1v) is 9.67. The van der Waals surface area contributed by atoms with Crippen LogP contribution in [0.15, 0.2) is 18.3 Å². The van der Waals surface area contributed by atoms with Crippen LogP contribution < -0.4 is 5.32 Å². The number of pyridine rings is 1. The number of rotatable bonds is 7. The lowest BCUT2D eigenvalue weighted by molar-refractivity contribution is -0.121. The summed E-state index contributed by atoms with van der Waals surface area (Å²) in [6.45, 7) is 12.6. The molecule has 1 saturated carbocycles. The van der Waals surface area contributed by atoms with Crippen molar-refractivity contribution < 1.29 is 14.3 Å². The Bertz CT molecular complexity index is 658. The maximum atomic E-state index is 12.3. The lowest BCUT2D eigenvalue weighted by Crippen LogP contribution is -2.42. The Hall–Kier alpha value is -2.11. The number of nitrogens with zero attached hydrogens (tertiary/aromatic N) is 2. The summed E-state index contributed by atoms with van der Waals surface area (Å²) in [5.41, 5.74) is 1.27. The van der Waals surface area contributed by atoms with Gasteiger partial charge in [-0.3, -0.25) is 9.78 Å². The van der Waals surface area contributed by atoms with E-state index < -0.39 is 5.60 Å². The molecule has 0 spiro atoms. The number of aromatic nitrogens is 1. The molecule has 0 unspecified atom stereocenters. The predicted molar refractivity (Wildman–Crippen MR) is 106 cm³/mol. The van der Waals surface area contributed by atoms with Gasteiger partial charge in [0, 0.05) is 42.9 Å². The van der Waals surface area contributed by atoms with Crippen LogP contribution >= 0.6 is 0 Å². The molecule has 0 aliphatic heterocycles. The number of hydrogen-bond donors (Lipinski definition) is 1. The fourth-order valence-electron chi connectivity index (χ4n) is 2.72. The molecule has 1 aliphatic rings. The molecule has 0 bridgehead atoms. The number of carbonyl (C=O) groups is 2. The summed E-state index contributed by atoms with van der Waals surface area (Å²) in [6, 6.07) is 4.24. The Balaban J connectivity index is 1.83. The van der Waals surface area contributed by atoms with Crippen LogP contribution in [0.5, 0.6) is 0 Å². The molecule has 0 radical (unpaired) electrons. The van der Waals surface area contributed by atoms with Gasteiger partial charge in [-0.1, -0.05) is 19.9 Å². The first-order valence-electron chi connectivity index (χ1n) is 9.67. The van der Waals surface area contributed by atoms with E-state index in [0.29, 0.717) is 13.1 Å². The van der Waals surface area contributed by atoms with Gasteiger partial charge in [0.05, 0.1) is 0 Å². The van der Waals surface area contributed by atoms with Gasteiger partial charge in [0.2, 0.25) is 5.91 Å². The van der Waals surface area contributed by atoms with E-state index >= 15 is 0 Å². The number of ether oxygens (including phenoxy) is 1. The van der Waals surface area contributed by atoms with Gasteiger partial charge in [-0.15, -0.1) is 0 Å². The van der Waals surface area contributed by atoms with Crippen molar-refractivity contribution in [1.29, 1.82) is 0 Å². The van der Waals surface area contributed by atoms with Crippen LogP contribution in [0.25, 0.3) is 0 Å². The number of amides is 2. The zero-order valence-corrected chi connectivity index (χ0v) is 17.5. The molecule has 1 aliphatic carbocycles. The molecule has 2 amide bonds. The van der Waals surface area contributed by atoms with Crippen LogP contribution in [0.3, 0.4) is 0 Å². The quantitative estimate of drug-likeness (QED) is 0.791. The largest absolute Gasteiger partial charge is 0.444 e. The SMILES string of the molecule is Cc1ccc(C(C)(C)CNC(=O)CCN(C(=O)OC(C)(C)C)C2CC2)nc1. The summed E-state index contributed by atoms with van der Waals surface area (Å²) in [5, 5.41) is 2.98. The maximum Gasteiger partial charge on any atom is 0.410 e. The third kappa shape index (κ3) is 6.85. The molecule has 1 fully saturated rings. The molecule has 27 heavy (non-hydrogen) atoms. The van der Waals surface area contributed by atoms with Crippen LogP contribution in [0, 0.1) is 6.92 Å². The highest BCUT2D eigenvalue weighted by atomic mass is 16.6. The Morgan fingerprint density at radius 1 is 1.22 bits per heavy atom. The highest BCUT2D eigenvalue weighted by Crippen LogP contribution is 2.28. The first kappa shape index (κ1) is 21.2. The van der Waals surface area contributed by atoms with Crippen LogP contribution in [-0.2, 0) is 14.9 Å². The molecule has 0 aromatic carbocycles. The van der Waals surface area contributed by atoms with Gasteiger partial charge < -0.3 is 15.0 Å². The van der Waals surface area contributed by atoms with Crippen molar-refractivity contribution in [3.8, 4) is 0 Å². The second-order valence-electron chi connectivity index (χ2n) is 9.04. The summed E-state index contributed by atoms with van der Waals surface area (Å²) in [6.07, 6.45) is 3.74. The van der Waals surface area contributed by atoms with Gasteiger partial charge >= 0.3 is 6.09 Å². The van der Waals surface area contributed by atoms with E-state index in [2.05, 4.69) is 24.1 Å². The standard InChI is InChI=1S/C21H33N3O3/c1-15-7-10-17(22-13-15)21(5,6)14-23-18(25)11-12-24(16-8-9-16)19(26)27-20(2,3)4/h7,10,13,16H,8-9,11-12,14H2,1-6H3,(H,23,25). The first-order chi connectivity index (χ1) is 12.5. The second kappa shape index (κ2) is 8.28. The molecule has 6 heteroatoms. The van der Waals surface area contributed by atoms with E-state index in [1.807, 2.05) is 46.0 Å². The monoisotopic (exact) mass is 375 g/mol. The van der Waals surface area contributed by atoms with Crippen LogP contribution in [0.4, 0.5) is 4.79 Å². The Morgan fingerprint density at radius 3 is 2.41 bits per heavy atom. The van der Waals surface area contributed by atoms with E-state index in [1.165, 1.54) is 0 Å². The van der Waals surface area contributed by atoms with Crippen molar-refractivity contribution in [1.82, 2.24) is 15.2 Å². The summed E-state index contributed by atoms with van der Waals surface area (Å²) in [4.78, 5) is 30.8. The average Bonchev–Trinajstić information content (AvgIpc) is 3.37. The van der Waals surface area contributed by atoms with Gasteiger partial charge in [0.15, 0.2) is 0 Å². The zero-order chi connectivity index (χ0) is 20.2. The molecule has 1 aromatic rings. The number of carbonyl (C=O) groups excluding carboxylic acids is 2. The summed E-state index contributed by atoms with van der Waals surface area (Å²) < 4.78 is 5.46. The molecule has 0 saturated heterocycles. The van der Waals surface area contributed by atoms with Crippen molar-refractivity contribution >= 4 is 12.0 Å². The van der Waals surface area contributed by atoms with Crippen LogP contribution in [0.1, 0.15) is 65.1 Å². The molecule has 1 aromatic heterocycles. The zero-order valence-electron chi connectivity index (χ0n) is 17.5. The molecule has 2 rings (SSSR count). The minimum atomic E-state index is -0.530. The van der Waals surface area contributed by atoms with E-state index in [0.717, 1.165) is 24.1 Å². The summed E-state index contributed by atoms with van der Waals surface area (Å²) in [5.74, 6) is -0.0654. The lowest BCUT2D eigenvalue weighted by Gasteiger charge is -2.28. The minimum Gasteiger partial charge on any atom is -0.444 e. The van der Waals surface area contributed by atoms with Gasteiger partial charge in [-0.2, -0.15) is 0 Å². The normalized spacial score (nSPS) is 14.6. The molecule has 150 valence electrons. The molecule has 6 nitrogen and oxygen atoms in total. The van der Waals surface area contributed by atoms with Crippen molar-refractivity contribution in [3.05, 3.63) is 29.6 Å². The number of hydrogen-bond acceptors (Lipinski definition) is 4. The van der Waals surface area contributed by atoms with Crippen LogP contribution in [-0.4, -0.2) is 46.6 Å². The van der Waals surface area contributed by atoms with E-state index in [1.54, 1.807) is 4.90 Å². The number of nitrogens with one attached hydrogen (secondary N) is 1. The third-order valence-corrected chi connectivity index (χ3v) is 4.53. The van der Waals surface area contributed by atoms with E-state index in [-0.39, 0.29) is 29.9 Å². The second-order valence-corrected chi connectivity index (χ2v) is 9.04. The highest BCUT2D eigenvalue weighted by molar-refractivity contribution is 5.77. The fraction of sp³-hybridized carbons (Fsp3) is 0.667. The van der Waals surface area contributed by atoms with Gasteiger partial charge in [-0.05, 0) is 52.2 Å². The van der Waals surface area contributed by atoms with Crippen molar-refractivity contribution in [3.63, 3.8) is 0 Å². The van der Waals surface area contributed by atoms with Crippen molar-refractivity contribution in [2.45, 2.75) is 77.9 Å². The predicted octanol–water partition coefficient (Wildman–Crippen LogP) is 3.57. The summed E-state index contributed by atoms with van der Waals surface area (Å²) >= 11 is 0. The average molecular weight is 376 g/mol. The fourth-order valence-corrected chi connectivity index (χ4v) is 2.72. The lowest BCUT2D eigenvalue weighted by atomic mass is 9.88. The molecular weight excluding hydrogens is 342 g/mol. The Morgan fingerprint density at radius 2 is 1.89 bits per heavy atom. The van der Waals surface area contributed by atoms with Crippen molar-refractivity contribution in [2.75, 3.05) is 13.1 Å². The highest BCUT2D eigenvalue weighted by Gasteiger charge is 2.35. The maximum absolute atomic E-state index is 12.3. The summed E-state index contributed by atoms with van der Waals surface area (Å²) in [7, 11) is 0.